The van der Waals surface area contributed by atoms with Gasteiger partial charge in [-0.3, -0.25) is 0 Å². The third-order valence-corrected chi connectivity index (χ3v) is 2.70. The minimum atomic E-state index is -0.684. The Morgan fingerprint density at radius 3 is 2.38 bits per heavy atom. The lowest BCUT2D eigenvalue weighted by Crippen LogP contribution is -2.30. The highest BCUT2D eigenvalue weighted by molar-refractivity contribution is 6.35. The van der Waals surface area contributed by atoms with Gasteiger partial charge in [-0.15, -0.1) is 0 Å². The van der Waals surface area contributed by atoms with Crippen LogP contribution in [-0.2, 0) is 0 Å². The molecule has 0 aliphatic heterocycles. The van der Waals surface area contributed by atoms with E-state index in [1.165, 1.54) is 12.1 Å². The van der Waals surface area contributed by atoms with Crippen LogP contribution in [0.15, 0.2) is 12.1 Å². The quantitative estimate of drug-likeness (QED) is 0.788. The molecule has 1 aromatic rings. The summed E-state index contributed by atoms with van der Waals surface area (Å²) in [7, 11) is 0. The summed E-state index contributed by atoms with van der Waals surface area (Å²) in [6.45, 7) is 0. The molecular weight excluding hydrogens is 254 g/mol. The summed E-state index contributed by atoms with van der Waals surface area (Å²) in [6.07, 6.45) is 2.00. The molecule has 2 N–H and O–H groups in total. The van der Waals surface area contributed by atoms with Gasteiger partial charge in [-0.25, -0.2) is 9.18 Å². The zero-order chi connectivity index (χ0) is 11.7. The number of amides is 2. The van der Waals surface area contributed by atoms with Crippen LogP contribution in [-0.4, -0.2) is 12.1 Å². The Balaban J connectivity index is 2.05. The molecule has 0 unspecified atom stereocenters. The molecule has 16 heavy (non-hydrogen) atoms. The first-order valence-corrected chi connectivity index (χ1v) is 5.54. The molecule has 3 nitrogen and oxygen atoms in total. The molecule has 1 aromatic carbocycles. The molecule has 2 amide bonds. The van der Waals surface area contributed by atoms with Gasteiger partial charge in [0.2, 0.25) is 0 Å². The van der Waals surface area contributed by atoms with Gasteiger partial charge in [-0.1, -0.05) is 23.2 Å². The Morgan fingerprint density at radius 1 is 1.31 bits per heavy atom. The van der Waals surface area contributed by atoms with Crippen LogP contribution < -0.4 is 10.6 Å². The van der Waals surface area contributed by atoms with Crippen LogP contribution in [0.4, 0.5) is 14.9 Å². The van der Waals surface area contributed by atoms with Crippen molar-refractivity contribution in [2.24, 2.45) is 0 Å². The molecule has 0 atom stereocenters. The lowest BCUT2D eigenvalue weighted by molar-refractivity contribution is 0.251. The van der Waals surface area contributed by atoms with E-state index in [0.29, 0.717) is 5.69 Å². The molecule has 0 bridgehead atoms. The van der Waals surface area contributed by atoms with Crippen molar-refractivity contribution in [2.75, 3.05) is 5.32 Å². The van der Waals surface area contributed by atoms with Crippen molar-refractivity contribution in [3.05, 3.63) is 28.0 Å². The van der Waals surface area contributed by atoms with Gasteiger partial charge in [-0.2, -0.15) is 0 Å². The van der Waals surface area contributed by atoms with E-state index in [-0.39, 0.29) is 22.1 Å². The monoisotopic (exact) mass is 262 g/mol. The molecule has 1 aliphatic rings. The number of anilines is 1. The second kappa shape index (κ2) is 4.47. The standard InChI is InChI=1S/C10H9Cl2FN2O/c11-7-3-6(4-8(12)9(7)13)15-10(16)14-5-1-2-5/h3-5H,1-2H2,(H2,14,15,16). The second-order valence-corrected chi connectivity index (χ2v) is 4.44. The van der Waals surface area contributed by atoms with Gasteiger partial charge in [-0.05, 0) is 25.0 Å². The second-order valence-electron chi connectivity index (χ2n) is 3.63. The van der Waals surface area contributed by atoms with Crippen molar-refractivity contribution in [1.82, 2.24) is 5.32 Å². The fourth-order valence-electron chi connectivity index (χ4n) is 1.21. The molecule has 0 spiro atoms. The van der Waals surface area contributed by atoms with Crippen LogP contribution in [0, 0.1) is 5.82 Å². The van der Waals surface area contributed by atoms with Gasteiger partial charge >= 0.3 is 6.03 Å². The Kier molecular flexibility index (Phi) is 3.21. The van der Waals surface area contributed by atoms with Crippen molar-refractivity contribution in [3.63, 3.8) is 0 Å². The normalized spacial score (nSPS) is 14.7. The fourth-order valence-corrected chi connectivity index (χ4v) is 1.69. The summed E-state index contributed by atoms with van der Waals surface area (Å²) in [5.41, 5.74) is 0.370. The molecule has 2 rings (SSSR count). The SMILES string of the molecule is O=C(Nc1cc(Cl)c(F)c(Cl)c1)NC1CC1. The maximum absolute atomic E-state index is 13.1. The minimum absolute atomic E-state index is 0.116. The lowest BCUT2D eigenvalue weighted by Gasteiger charge is -2.08. The van der Waals surface area contributed by atoms with E-state index >= 15 is 0 Å². The van der Waals surface area contributed by atoms with Crippen LogP contribution in [0.1, 0.15) is 12.8 Å². The Hall–Kier alpha value is -1.00. The number of carbonyl (C=O) groups is 1. The smallest absolute Gasteiger partial charge is 0.319 e. The zero-order valence-electron chi connectivity index (χ0n) is 8.19. The third-order valence-electron chi connectivity index (χ3n) is 2.15. The maximum atomic E-state index is 13.1. The van der Waals surface area contributed by atoms with Crippen LogP contribution in [0.2, 0.25) is 10.0 Å². The van der Waals surface area contributed by atoms with E-state index in [1.54, 1.807) is 0 Å². The van der Waals surface area contributed by atoms with E-state index < -0.39 is 5.82 Å². The summed E-state index contributed by atoms with van der Waals surface area (Å²) in [4.78, 5) is 11.4. The fraction of sp³-hybridized carbons (Fsp3) is 0.300. The number of carbonyl (C=O) groups excluding carboxylic acids is 1. The Morgan fingerprint density at radius 2 is 1.88 bits per heavy atom. The van der Waals surface area contributed by atoms with E-state index in [4.69, 9.17) is 23.2 Å². The van der Waals surface area contributed by atoms with Gasteiger partial charge < -0.3 is 10.6 Å². The van der Waals surface area contributed by atoms with Gasteiger partial charge in [0.15, 0.2) is 5.82 Å². The minimum Gasteiger partial charge on any atom is -0.335 e. The van der Waals surface area contributed by atoms with Gasteiger partial charge in [0, 0.05) is 11.7 Å². The third kappa shape index (κ3) is 2.77. The highest BCUT2D eigenvalue weighted by atomic mass is 35.5. The van der Waals surface area contributed by atoms with E-state index in [2.05, 4.69) is 10.6 Å². The van der Waals surface area contributed by atoms with Crippen molar-refractivity contribution < 1.29 is 9.18 Å². The average Bonchev–Trinajstić information content (AvgIpc) is 2.97. The molecule has 1 aliphatic carbocycles. The number of rotatable bonds is 2. The molecule has 0 heterocycles. The van der Waals surface area contributed by atoms with Crippen molar-refractivity contribution in [1.29, 1.82) is 0 Å². The number of halogens is 3. The van der Waals surface area contributed by atoms with Gasteiger partial charge in [0.1, 0.15) is 0 Å². The lowest BCUT2D eigenvalue weighted by atomic mass is 10.3. The van der Waals surface area contributed by atoms with Crippen molar-refractivity contribution in [3.8, 4) is 0 Å². The van der Waals surface area contributed by atoms with Crippen molar-refractivity contribution in [2.45, 2.75) is 18.9 Å². The molecule has 86 valence electrons. The van der Waals surface area contributed by atoms with E-state index in [9.17, 15) is 9.18 Å². The van der Waals surface area contributed by atoms with E-state index in [0.717, 1.165) is 12.8 Å². The van der Waals surface area contributed by atoms with Crippen LogP contribution in [0.25, 0.3) is 0 Å². The number of urea groups is 1. The van der Waals surface area contributed by atoms with Crippen LogP contribution in [0.3, 0.4) is 0 Å². The van der Waals surface area contributed by atoms with Gasteiger partial charge in [0.25, 0.3) is 0 Å². The molecular formula is C10H9Cl2FN2O. The first-order valence-electron chi connectivity index (χ1n) is 4.78. The highest BCUT2D eigenvalue weighted by Crippen LogP contribution is 2.27. The number of benzene rings is 1. The summed E-state index contributed by atoms with van der Waals surface area (Å²) in [6, 6.07) is 2.55. The molecule has 0 saturated heterocycles. The number of hydrogen-bond acceptors (Lipinski definition) is 1. The summed E-state index contributed by atoms with van der Waals surface area (Å²) in [5.74, 6) is -0.684. The highest BCUT2D eigenvalue weighted by Gasteiger charge is 2.23. The average molecular weight is 263 g/mol. The number of nitrogens with one attached hydrogen (secondary N) is 2. The first-order chi connectivity index (χ1) is 7.56. The zero-order valence-corrected chi connectivity index (χ0v) is 9.70. The predicted molar refractivity (Wildman–Crippen MR) is 61.6 cm³/mol. The van der Waals surface area contributed by atoms with Crippen molar-refractivity contribution >= 4 is 34.9 Å². The largest absolute Gasteiger partial charge is 0.335 e. The maximum Gasteiger partial charge on any atom is 0.319 e. The first kappa shape index (κ1) is 11.5. The topological polar surface area (TPSA) is 41.1 Å². The van der Waals surface area contributed by atoms with Crippen LogP contribution >= 0.6 is 23.2 Å². The van der Waals surface area contributed by atoms with Crippen LogP contribution in [0.5, 0.6) is 0 Å². The summed E-state index contributed by atoms with van der Waals surface area (Å²) in [5, 5.41) is 5.03. The number of hydrogen-bond donors (Lipinski definition) is 2. The summed E-state index contributed by atoms with van der Waals surface area (Å²) < 4.78 is 13.1. The Bertz CT molecular complexity index is 412. The predicted octanol–water partition coefficient (Wildman–Crippen LogP) is 3.42. The summed E-state index contributed by atoms with van der Waals surface area (Å²) >= 11 is 11.2. The van der Waals surface area contributed by atoms with E-state index in [1.807, 2.05) is 0 Å². The molecule has 1 fully saturated rings. The van der Waals surface area contributed by atoms with Gasteiger partial charge in [0.05, 0.1) is 10.0 Å². The molecule has 0 aromatic heterocycles. The molecule has 6 heteroatoms. The Labute approximate surface area is 102 Å². The molecule has 0 radical (unpaired) electrons. The molecule has 1 saturated carbocycles.